The van der Waals surface area contributed by atoms with E-state index < -0.39 is 28.8 Å². The SMILES string of the molecule is COCCOc1cc2nc(Nc3nc4c(OC)ccc(OC(=O)C(F)(F)F)c4c(=O)[nH]3)nc(C)c2cc1OCCOC. The number of nitrogens with one attached hydrogen (secondary N) is 2. The number of aromatic amines is 1. The topological polar surface area (TPSA) is 156 Å². The molecule has 0 amide bonds. The number of carbonyl (C=O) groups excluding carboxylic acids is 1. The standard InChI is InChI=1S/C26H26F3N5O8/c1-13-14-11-18(40-9-7-37-2)19(41-10-8-38-3)12-15(14)31-24(30-13)34-25-32-21-17(39-4)6-5-16(20(21)22(35)33-25)42-23(36)26(27,28)29/h5-6,11-12H,7-10H2,1-4H3,(H2,30,31,32,33,34,35). The molecule has 0 unspecified atom stereocenters. The predicted octanol–water partition coefficient (Wildman–Crippen LogP) is 3.45. The van der Waals surface area contributed by atoms with Crippen LogP contribution in [0.3, 0.4) is 0 Å². The molecule has 224 valence electrons. The summed E-state index contributed by atoms with van der Waals surface area (Å²) in [6.45, 7) is 2.97. The van der Waals surface area contributed by atoms with Gasteiger partial charge in [0.05, 0.1) is 31.5 Å². The minimum Gasteiger partial charge on any atom is -0.494 e. The highest BCUT2D eigenvalue weighted by Crippen LogP contribution is 2.34. The van der Waals surface area contributed by atoms with Crippen molar-refractivity contribution in [1.82, 2.24) is 19.9 Å². The zero-order valence-corrected chi connectivity index (χ0v) is 22.9. The predicted molar refractivity (Wildman–Crippen MR) is 143 cm³/mol. The van der Waals surface area contributed by atoms with Crippen LogP contribution in [-0.4, -0.2) is 79.8 Å². The second-order valence-electron chi connectivity index (χ2n) is 8.55. The number of methoxy groups -OCH3 is 3. The van der Waals surface area contributed by atoms with Gasteiger partial charge in [0, 0.05) is 25.7 Å². The fourth-order valence-corrected chi connectivity index (χ4v) is 3.81. The second-order valence-corrected chi connectivity index (χ2v) is 8.55. The summed E-state index contributed by atoms with van der Waals surface area (Å²) in [7, 11) is 4.38. The van der Waals surface area contributed by atoms with Gasteiger partial charge in [0.25, 0.3) is 5.56 Å². The molecule has 0 aliphatic rings. The Morgan fingerprint density at radius 1 is 0.905 bits per heavy atom. The highest BCUT2D eigenvalue weighted by molar-refractivity contribution is 5.93. The van der Waals surface area contributed by atoms with Crippen LogP contribution < -0.4 is 29.8 Å². The Morgan fingerprint density at radius 2 is 1.55 bits per heavy atom. The number of anilines is 2. The van der Waals surface area contributed by atoms with Crippen LogP contribution in [0.25, 0.3) is 21.8 Å². The maximum Gasteiger partial charge on any atom is 0.491 e. The normalized spacial score (nSPS) is 11.5. The van der Waals surface area contributed by atoms with Crippen molar-refractivity contribution in [2.24, 2.45) is 0 Å². The summed E-state index contributed by atoms with van der Waals surface area (Å²) in [4.78, 5) is 39.9. The lowest BCUT2D eigenvalue weighted by Crippen LogP contribution is -2.28. The minimum absolute atomic E-state index is 0.0389. The molecule has 2 N–H and O–H groups in total. The molecule has 2 aromatic carbocycles. The van der Waals surface area contributed by atoms with Gasteiger partial charge < -0.3 is 28.4 Å². The largest absolute Gasteiger partial charge is 0.494 e. The number of H-pyrrole nitrogens is 1. The van der Waals surface area contributed by atoms with Crippen LogP contribution in [0.2, 0.25) is 0 Å². The number of nitrogens with zero attached hydrogens (tertiary/aromatic N) is 3. The Hall–Kier alpha value is -4.70. The maximum absolute atomic E-state index is 13.0. The van der Waals surface area contributed by atoms with Gasteiger partial charge in [0.2, 0.25) is 11.9 Å². The fourth-order valence-electron chi connectivity index (χ4n) is 3.81. The summed E-state index contributed by atoms with van der Waals surface area (Å²) < 4.78 is 69.7. The number of hydrogen-bond donors (Lipinski definition) is 2. The molecule has 0 atom stereocenters. The first-order valence-corrected chi connectivity index (χ1v) is 12.3. The van der Waals surface area contributed by atoms with Crippen molar-refractivity contribution in [2.45, 2.75) is 13.1 Å². The van der Waals surface area contributed by atoms with E-state index in [0.29, 0.717) is 41.3 Å². The monoisotopic (exact) mass is 593 g/mol. The maximum atomic E-state index is 13.0. The first-order chi connectivity index (χ1) is 20.0. The van der Waals surface area contributed by atoms with Crippen LogP contribution in [0.5, 0.6) is 23.0 Å². The molecule has 2 heterocycles. The molecule has 4 rings (SSSR count). The number of ether oxygens (including phenoxy) is 6. The Balaban J connectivity index is 1.73. The zero-order chi connectivity index (χ0) is 30.4. The summed E-state index contributed by atoms with van der Waals surface area (Å²) >= 11 is 0. The minimum atomic E-state index is -5.27. The number of halogens is 3. The summed E-state index contributed by atoms with van der Waals surface area (Å²) in [6, 6.07) is 5.61. The van der Waals surface area contributed by atoms with Gasteiger partial charge in [-0.15, -0.1) is 0 Å². The molecule has 0 radical (unpaired) electrons. The molecule has 42 heavy (non-hydrogen) atoms. The third-order valence-electron chi connectivity index (χ3n) is 5.71. The average molecular weight is 594 g/mol. The molecule has 16 heteroatoms. The Labute approximate surface area is 235 Å². The number of aryl methyl sites for hydroxylation is 1. The molecule has 0 spiro atoms. The Bertz CT molecular complexity index is 1660. The first-order valence-electron chi connectivity index (χ1n) is 12.3. The van der Waals surface area contributed by atoms with Crippen molar-refractivity contribution in [1.29, 1.82) is 0 Å². The number of aromatic nitrogens is 4. The lowest BCUT2D eigenvalue weighted by molar-refractivity contribution is -0.189. The van der Waals surface area contributed by atoms with E-state index in [9.17, 15) is 22.8 Å². The van der Waals surface area contributed by atoms with Gasteiger partial charge in [-0.3, -0.25) is 15.1 Å². The quantitative estimate of drug-likeness (QED) is 0.140. The van der Waals surface area contributed by atoms with E-state index >= 15 is 0 Å². The van der Waals surface area contributed by atoms with E-state index in [2.05, 4.69) is 30.0 Å². The molecule has 0 fully saturated rings. The van der Waals surface area contributed by atoms with Gasteiger partial charge in [-0.25, -0.2) is 19.7 Å². The van der Waals surface area contributed by atoms with Crippen LogP contribution >= 0.6 is 0 Å². The highest BCUT2D eigenvalue weighted by Gasteiger charge is 2.41. The molecular weight excluding hydrogens is 567 g/mol. The van der Waals surface area contributed by atoms with E-state index in [1.54, 1.807) is 33.3 Å². The van der Waals surface area contributed by atoms with Crippen LogP contribution in [0, 0.1) is 6.92 Å². The van der Waals surface area contributed by atoms with Crippen LogP contribution in [-0.2, 0) is 14.3 Å². The van der Waals surface area contributed by atoms with E-state index in [4.69, 9.17) is 23.7 Å². The molecule has 2 aromatic heterocycles. The molecular formula is C26H26F3N5O8. The summed E-state index contributed by atoms with van der Waals surface area (Å²) in [6.07, 6.45) is -5.27. The summed E-state index contributed by atoms with van der Waals surface area (Å²) in [5, 5.41) is 3.03. The molecule has 13 nitrogen and oxygen atoms in total. The third-order valence-corrected chi connectivity index (χ3v) is 5.71. The second kappa shape index (κ2) is 12.9. The van der Waals surface area contributed by atoms with E-state index in [0.717, 1.165) is 6.07 Å². The number of alkyl halides is 3. The highest BCUT2D eigenvalue weighted by atomic mass is 19.4. The van der Waals surface area contributed by atoms with Gasteiger partial charge >= 0.3 is 12.1 Å². The van der Waals surface area contributed by atoms with Crippen molar-refractivity contribution < 1.29 is 46.4 Å². The number of carbonyl (C=O) groups is 1. The number of esters is 1. The summed E-state index contributed by atoms with van der Waals surface area (Å²) in [5.74, 6) is -2.35. The molecule has 0 aliphatic carbocycles. The lowest BCUT2D eigenvalue weighted by Gasteiger charge is -2.15. The van der Waals surface area contributed by atoms with Crippen LogP contribution in [0.15, 0.2) is 29.1 Å². The van der Waals surface area contributed by atoms with Crippen molar-refractivity contribution in [2.75, 3.05) is 53.1 Å². The molecule has 0 saturated carbocycles. The zero-order valence-electron chi connectivity index (χ0n) is 22.9. The number of benzene rings is 2. The van der Waals surface area contributed by atoms with E-state index in [-0.39, 0.29) is 36.4 Å². The molecule has 0 saturated heterocycles. The number of fused-ring (bicyclic) bond motifs is 2. The molecule has 0 bridgehead atoms. The number of hydrogen-bond acceptors (Lipinski definition) is 12. The van der Waals surface area contributed by atoms with E-state index in [1.165, 1.54) is 13.2 Å². The van der Waals surface area contributed by atoms with Crippen molar-refractivity contribution in [3.8, 4) is 23.0 Å². The van der Waals surface area contributed by atoms with Gasteiger partial charge in [-0.1, -0.05) is 0 Å². The lowest BCUT2D eigenvalue weighted by atomic mass is 10.1. The average Bonchev–Trinajstić information content (AvgIpc) is 2.93. The van der Waals surface area contributed by atoms with E-state index in [1.807, 2.05) is 0 Å². The molecule has 0 aliphatic heterocycles. The van der Waals surface area contributed by atoms with Crippen LogP contribution in [0.1, 0.15) is 5.69 Å². The Morgan fingerprint density at radius 3 is 2.17 bits per heavy atom. The fraction of sp³-hybridized carbons (Fsp3) is 0.346. The first kappa shape index (κ1) is 30.3. The van der Waals surface area contributed by atoms with Crippen molar-refractivity contribution in [3.63, 3.8) is 0 Å². The van der Waals surface area contributed by atoms with Gasteiger partial charge in [0.1, 0.15) is 35.6 Å². The number of rotatable bonds is 12. The van der Waals surface area contributed by atoms with Crippen LogP contribution in [0.4, 0.5) is 25.1 Å². The van der Waals surface area contributed by atoms with Gasteiger partial charge in [-0.2, -0.15) is 13.2 Å². The van der Waals surface area contributed by atoms with Gasteiger partial charge in [-0.05, 0) is 25.1 Å². The molecule has 4 aromatic rings. The third kappa shape index (κ3) is 6.77. The smallest absolute Gasteiger partial charge is 0.491 e. The van der Waals surface area contributed by atoms with Crippen molar-refractivity contribution >= 4 is 39.7 Å². The van der Waals surface area contributed by atoms with Crippen molar-refractivity contribution in [3.05, 3.63) is 40.3 Å². The van der Waals surface area contributed by atoms with Gasteiger partial charge in [0.15, 0.2) is 11.5 Å². The summed E-state index contributed by atoms with van der Waals surface area (Å²) in [5.41, 5.74) is -0.0563. The Kier molecular flexibility index (Phi) is 9.27.